The van der Waals surface area contributed by atoms with Crippen molar-refractivity contribution in [3.63, 3.8) is 0 Å². The van der Waals surface area contributed by atoms with Gasteiger partial charge in [-0.2, -0.15) is 5.10 Å². The summed E-state index contributed by atoms with van der Waals surface area (Å²) in [5.41, 5.74) is 4.19. The number of hydrogen-bond donors (Lipinski definition) is 0. The molecule has 31 heavy (non-hydrogen) atoms. The van der Waals surface area contributed by atoms with Crippen LogP contribution >= 0.6 is 0 Å². The smallest absolute Gasteiger partial charge is 0.359 e. The summed E-state index contributed by atoms with van der Waals surface area (Å²) in [6.45, 7) is 7.01. The maximum absolute atomic E-state index is 13.1. The van der Waals surface area contributed by atoms with E-state index in [0.717, 1.165) is 22.5 Å². The Balaban J connectivity index is 1.66. The summed E-state index contributed by atoms with van der Waals surface area (Å²) in [5, 5.41) is 4.58. The molecular formula is C23H25N5O3. The van der Waals surface area contributed by atoms with Crippen molar-refractivity contribution < 1.29 is 14.3 Å². The van der Waals surface area contributed by atoms with Crippen molar-refractivity contribution in [3.8, 4) is 0 Å². The van der Waals surface area contributed by atoms with Crippen LogP contribution in [0.1, 0.15) is 56.2 Å². The number of esters is 1. The first-order chi connectivity index (χ1) is 15.0. The lowest BCUT2D eigenvalue weighted by Gasteiger charge is -2.27. The second-order valence-electron chi connectivity index (χ2n) is 7.56. The fraction of sp³-hybridized carbons (Fsp3) is 0.348. The molecule has 0 atom stereocenters. The third kappa shape index (κ3) is 4.33. The second-order valence-corrected chi connectivity index (χ2v) is 7.56. The van der Waals surface area contributed by atoms with Crippen LogP contribution in [-0.2, 0) is 24.2 Å². The predicted octanol–water partition coefficient (Wildman–Crippen LogP) is 2.71. The summed E-state index contributed by atoms with van der Waals surface area (Å²) in [4.78, 5) is 36.0. The van der Waals surface area contributed by atoms with E-state index in [1.54, 1.807) is 24.8 Å². The van der Waals surface area contributed by atoms with Crippen LogP contribution < -0.4 is 0 Å². The third-order valence-electron chi connectivity index (χ3n) is 5.25. The van der Waals surface area contributed by atoms with E-state index >= 15 is 0 Å². The molecule has 0 saturated heterocycles. The van der Waals surface area contributed by atoms with E-state index in [-0.39, 0.29) is 18.2 Å². The van der Waals surface area contributed by atoms with E-state index in [9.17, 15) is 9.59 Å². The van der Waals surface area contributed by atoms with E-state index in [1.807, 2.05) is 41.9 Å². The molecule has 3 aromatic rings. The molecule has 1 amide bonds. The quantitative estimate of drug-likeness (QED) is 0.591. The number of hydrogen-bond acceptors (Lipinski definition) is 6. The number of fused-ring (bicyclic) bond motifs is 1. The van der Waals surface area contributed by atoms with Gasteiger partial charge in [0.2, 0.25) is 0 Å². The average Bonchev–Trinajstić information content (AvgIpc) is 3.11. The van der Waals surface area contributed by atoms with Crippen LogP contribution in [0.2, 0.25) is 0 Å². The minimum absolute atomic E-state index is 0.176. The number of carbonyl (C=O) groups excluding carboxylic acids is 2. The van der Waals surface area contributed by atoms with E-state index in [2.05, 4.69) is 15.1 Å². The highest BCUT2D eigenvalue weighted by Crippen LogP contribution is 2.25. The van der Waals surface area contributed by atoms with Gasteiger partial charge in [-0.15, -0.1) is 0 Å². The average molecular weight is 419 g/mol. The Bertz CT molecular complexity index is 1100. The van der Waals surface area contributed by atoms with Gasteiger partial charge in [0, 0.05) is 29.9 Å². The summed E-state index contributed by atoms with van der Waals surface area (Å²) < 4.78 is 7.09. The van der Waals surface area contributed by atoms with Crippen LogP contribution in [0.3, 0.4) is 0 Å². The van der Waals surface area contributed by atoms with Gasteiger partial charge in [-0.25, -0.2) is 14.8 Å². The number of aryl methyl sites for hydroxylation is 2. The third-order valence-corrected chi connectivity index (χ3v) is 5.25. The Labute approximate surface area is 180 Å². The van der Waals surface area contributed by atoms with Crippen molar-refractivity contribution in [1.29, 1.82) is 0 Å². The monoisotopic (exact) mass is 419 g/mol. The van der Waals surface area contributed by atoms with Crippen LogP contribution in [0.5, 0.6) is 0 Å². The van der Waals surface area contributed by atoms with E-state index in [4.69, 9.17) is 4.74 Å². The fourth-order valence-electron chi connectivity index (χ4n) is 3.90. The molecule has 3 heterocycles. The maximum atomic E-state index is 13.1. The van der Waals surface area contributed by atoms with Crippen LogP contribution in [0.15, 0.2) is 36.4 Å². The fourth-order valence-corrected chi connectivity index (χ4v) is 3.90. The lowest BCUT2D eigenvalue weighted by atomic mass is 10.0. The maximum Gasteiger partial charge on any atom is 0.359 e. The van der Waals surface area contributed by atoms with Crippen LogP contribution in [0.4, 0.5) is 0 Å². The van der Waals surface area contributed by atoms with Gasteiger partial charge in [-0.3, -0.25) is 9.48 Å². The van der Waals surface area contributed by atoms with E-state index in [0.29, 0.717) is 37.6 Å². The first-order valence-corrected chi connectivity index (χ1v) is 10.4. The lowest BCUT2D eigenvalue weighted by molar-refractivity contribution is 0.0513. The highest BCUT2D eigenvalue weighted by molar-refractivity contribution is 5.93. The predicted molar refractivity (Wildman–Crippen MR) is 114 cm³/mol. The van der Waals surface area contributed by atoms with Crippen LogP contribution in [0.25, 0.3) is 0 Å². The molecule has 0 saturated carbocycles. The van der Waals surface area contributed by atoms with Gasteiger partial charge >= 0.3 is 5.97 Å². The molecule has 0 bridgehead atoms. The molecule has 0 aliphatic carbocycles. The normalized spacial score (nSPS) is 13.1. The topological polar surface area (TPSA) is 90.2 Å². The number of carbonyl (C=O) groups is 2. The summed E-state index contributed by atoms with van der Waals surface area (Å²) in [5.74, 6) is -0.0811. The van der Waals surface area contributed by atoms with Gasteiger partial charge in [0.25, 0.3) is 5.91 Å². The molecule has 2 aromatic heterocycles. The molecule has 1 aliphatic rings. The number of benzene rings is 1. The van der Waals surface area contributed by atoms with Crippen molar-refractivity contribution >= 4 is 11.9 Å². The van der Waals surface area contributed by atoms with Gasteiger partial charge in [-0.1, -0.05) is 30.3 Å². The Kier molecular flexibility index (Phi) is 5.79. The second kappa shape index (κ2) is 8.67. The zero-order chi connectivity index (χ0) is 22.0. The molecule has 0 spiro atoms. The highest BCUT2D eigenvalue weighted by atomic mass is 16.5. The number of nitrogens with zero attached hydrogens (tertiary/aromatic N) is 5. The van der Waals surface area contributed by atoms with Crippen molar-refractivity contribution in [2.24, 2.45) is 0 Å². The van der Waals surface area contributed by atoms with Crippen LogP contribution in [0, 0.1) is 13.8 Å². The molecular weight excluding hydrogens is 394 g/mol. The Morgan fingerprint density at radius 3 is 2.61 bits per heavy atom. The zero-order valence-electron chi connectivity index (χ0n) is 18.0. The molecule has 160 valence electrons. The first kappa shape index (κ1) is 20.7. The summed E-state index contributed by atoms with van der Waals surface area (Å²) in [6, 6.07) is 11.7. The van der Waals surface area contributed by atoms with Gasteiger partial charge in [0.1, 0.15) is 11.5 Å². The van der Waals surface area contributed by atoms with E-state index in [1.165, 1.54) is 0 Å². The molecule has 0 N–H and O–H groups in total. The van der Waals surface area contributed by atoms with Crippen molar-refractivity contribution in [2.75, 3.05) is 13.2 Å². The number of aromatic nitrogens is 4. The zero-order valence-corrected chi connectivity index (χ0v) is 18.0. The standard InChI is InChI=1S/C23H25N5O3/c1-4-31-23(30)21-18-14-27(22(29)19-12-15(2)24-16(3)25-19)11-10-20(18)28(26-21)13-17-8-6-5-7-9-17/h5-9,12H,4,10-11,13-14H2,1-3H3. The molecule has 0 unspecified atom stereocenters. The summed E-state index contributed by atoms with van der Waals surface area (Å²) >= 11 is 0. The van der Waals surface area contributed by atoms with Crippen LogP contribution in [-0.4, -0.2) is 49.7 Å². The van der Waals surface area contributed by atoms with Gasteiger partial charge in [-0.05, 0) is 32.4 Å². The Hall–Kier alpha value is -3.55. The molecule has 1 aromatic carbocycles. The molecule has 8 nitrogen and oxygen atoms in total. The number of ether oxygens (including phenoxy) is 1. The summed E-state index contributed by atoms with van der Waals surface area (Å²) in [7, 11) is 0. The lowest BCUT2D eigenvalue weighted by Crippen LogP contribution is -2.37. The van der Waals surface area contributed by atoms with Gasteiger partial charge in [0.15, 0.2) is 5.69 Å². The van der Waals surface area contributed by atoms with Crippen molar-refractivity contribution in [3.05, 3.63) is 76.1 Å². The number of amides is 1. The van der Waals surface area contributed by atoms with Gasteiger partial charge in [0.05, 0.1) is 19.7 Å². The largest absolute Gasteiger partial charge is 0.461 e. The minimum atomic E-state index is -0.464. The molecule has 8 heteroatoms. The SMILES string of the molecule is CCOC(=O)c1nn(Cc2ccccc2)c2c1CN(C(=O)c1cc(C)nc(C)n1)CC2. The highest BCUT2D eigenvalue weighted by Gasteiger charge is 2.31. The Morgan fingerprint density at radius 1 is 1.13 bits per heavy atom. The minimum Gasteiger partial charge on any atom is -0.461 e. The molecule has 0 fully saturated rings. The first-order valence-electron chi connectivity index (χ1n) is 10.4. The van der Waals surface area contributed by atoms with Gasteiger partial charge < -0.3 is 9.64 Å². The van der Waals surface area contributed by atoms with E-state index < -0.39 is 5.97 Å². The summed E-state index contributed by atoms with van der Waals surface area (Å²) in [6.07, 6.45) is 0.601. The Morgan fingerprint density at radius 2 is 1.90 bits per heavy atom. The molecule has 1 aliphatic heterocycles. The molecule has 0 radical (unpaired) electrons. The van der Waals surface area contributed by atoms with Crippen molar-refractivity contribution in [1.82, 2.24) is 24.6 Å². The number of rotatable bonds is 5. The molecule has 4 rings (SSSR count). The van der Waals surface area contributed by atoms with Crippen molar-refractivity contribution in [2.45, 2.75) is 40.3 Å².